The molecule has 1 unspecified atom stereocenters. The Kier molecular flexibility index (Phi) is 5.11. The number of imidazole rings is 1. The molecule has 28 heavy (non-hydrogen) atoms. The second-order valence-electron chi connectivity index (χ2n) is 6.38. The van der Waals surface area contributed by atoms with Gasteiger partial charge in [0.1, 0.15) is 5.75 Å². The molecule has 0 spiro atoms. The first-order chi connectivity index (χ1) is 13.5. The SMILES string of the molecule is Cc1cnc(SC(C(=N)c2ccc3c(c2)NC(=O)CO3)c2ccc(Cl)cc2)[nH]1. The number of hydrogen-bond acceptors (Lipinski definition) is 5. The highest BCUT2D eigenvalue weighted by Gasteiger charge is 2.24. The summed E-state index contributed by atoms with van der Waals surface area (Å²) in [5, 5.41) is 12.7. The van der Waals surface area contributed by atoms with Gasteiger partial charge in [-0.2, -0.15) is 0 Å². The summed E-state index contributed by atoms with van der Waals surface area (Å²) >= 11 is 7.49. The van der Waals surface area contributed by atoms with Crippen molar-refractivity contribution < 1.29 is 9.53 Å². The van der Waals surface area contributed by atoms with Crippen LogP contribution in [-0.2, 0) is 4.79 Å². The summed E-state index contributed by atoms with van der Waals surface area (Å²) in [6, 6.07) is 12.8. The number of aromatic amines is 1. The minimum Gasteiger partial charge on any atom is -0.482 e. The van der Waals surface area contributed by atoms with Gasteiger partial charge >= 0.3 is 0 Å². The molecule has 142 valence electrons. The van der Waals surface area contributed by atoms with Crippen LogP contribution in [0, 0.1) is 12.3 Å². The molecule has 2 aromatic carbocycles. The predicted octanol–water partition coefficient (Wildman–Crippen LogP) is 4.60. The molecule has 1 aromatic heterocycles. The van der Waals surface area contributed by atoms with Crippen LogP contribution in [0.2, 0.25) is 5.02 Å². The topological polar surface area (TPSA) is 90.9 Å². The third kappa shape index (κ3) is 3.90. The molecule has 1 aliphatic heterocycles. The largest absolute Gasteiger partial charge is 0.482 e. The molecule has 8 heteroatoms. The number of hydrogen-bond donors (Lipinski definition) is 3. The molecular weight excluding hydrogens is 396 g/mol. The number of nitrogens with zero attached hydrogens (tertiary/aromatic N) is 1. The van der Waals surface area contributed by atoms with E-state index >= 15 is 0 Å². The number of carbonyl (C=O) groups is 1. The number of halogens is 1. The average molecular weight is 413 g/mol. The molecule has 0 aliphatic carbocycles. The van der Waals surface area contributed by atoms with E-state index in [2.05, 4.69) is 15.3 Å². The molecule has 0 saturated carbocycles. The summed E-state index contributed by atoms with van der Waals surface area (Å²) in [5.41, 5.74) is 3.56. The zero-order chi connectivity index (χ0) is 19.7. The van der Waals surface area contributed by atoms with Crippen molar-refractivity contribution in [3.63, 3.8) is 0 Å². The van der Waals surface area contributed by atoms with Gasteiger partial charge in [-0.05, 0) is 48.4 Å². The van der Waals surface area contributed by atoms with Crippen LogP contribution >= 0.6 is 23.4 Å². The molecule has 4 rings (SSSR count). The molecule has 0 bridgehead atoms. The van der Waals surface area contributed by atoms with Crippen molar-refractivity contribution in [2.75, 3.05) is 11.9 Å². The van der Waals surface area contributed by atoms with E-state index < -0.39 is 0 Å². The molecule has 1 amide bonds. The summed E-state index contributed by atoms with van der Waals surface area (Å²) in [7, 11) is 0. The number of anilines is 1. The summed E-state index contributed by atoms with van der Waals surface area (Å²) in [5.74, 6) is 0.402. The van der Waals surface area contributed by atoms with Crippen LogP contribution in [-0.4, -0.2) is 28.2 Å². The second-order valence-corrected chi connectivity index (χ2v) is 7.91. The van der Waals surface area contributed by atoms with Crippen LogP contribution in [0.25, 0.3) is 0 Å². The zero-order valence-electron chi connectivity index (χ0n) is 15.0. The van der Waals surface area contributed by atoms with E-state index in [4.69, 9.17) is 21.7 Å². The van der Waals surface area contributed by atoms with E-state index in [9.17, 15) is 4.79 Å². The number of thioether (sulfide) groups is 1. The van der Waals surface area contributed by atoms with Crippen molar-refractivity contribution in [1.29, 1.82) is 5.41 Å². The number of fused-ring (bicyclic) bond motifs is 1. The lowest BCUT2D eigenvalue weighted by Gasteiger charge is -2.21. The molecule has 0 radical (unpaired) electrons. The van der Waals surface area contributed by atoms with E-state index in [1.54, 1.807) is 18.3 Å². The minimum atomic E-state index is -0.305. The Hall–Kier alpha value is -2.77. The quantitative estimate of drug-likeness (QED) is 0.421. The number of rotatable bonds is 5. The van der Waals surface area contributed by atoms with Crippen molar-refractivity contribution in [1.82, 2.24) is 9.97 Å². The lowest BCUT2D eigenvalue weighted by Crippen LogP contribution is -2.25. The molecule has 0 fully saturated rings. The lowest BCUT2D eigenvalue weighted by molar-refractivity contribution is -0.118. The Balaban J connectivity index is 1.69. The van der Waals surface area contributed by atoms with Gasteiger partial charge in [-0.15, -0.1) is 0 Å². The highest BCUT2D eigenvalue weighted by Crippen LogP contribution is 2.38. The molecule has 0 saturated heterocycles. The van der Waals surface area contributed by atoms with Crippen LogP contribution in [0.4, 0.5) is 5.69 Å². The minimum absolute atomic E-state index is 0.00485. The van der Waals surface area contributed by atoms with Crippen molar-refractivity contribution in [2.45, 2.75) is 17.3 Å². The second kappa shape index (κ2) is 7.69. The maximum absolute atomic E-state index is 11.6. The van der Waals surface area contributed by atoms with Gasteiger partial charge in [0.2, 0.25) is 0 Å². The highest BCUT2D eigenvalue weighted by atomic mass is 35.5. The Morgan fingerprint density at radius 1 is 1.29 bits per heavy atom. The van der Waals surface area contributed by atoms with Gasteiger partial charge in [-0.1, -0.05) is 35.5 Å². The number of carbonyl (C=O) groups excluding carboxylic acids is 1. The van der Waals surface area contributed by atoms with Gasteiger partial charge in [0.05, 0.1) is 16.6 Å². The molecule has 1 aliphatic rings. The number of benzene rings is 2. The average Bonchev–Trinajstić information content (AvgIpc) is 3.10. The van der Waals surface area contributed by atoms with Crippen molar-refractivity contribution in [3.8, 4) is 5.75 Å². The van der Waals surface area contributed by atoms with E-state index in [1.807, 2.05) is 37.3 Å². The first-order valence-electron chi connectivity index (χ1n) is 8.59. The highest BCUT2D eigenvalue weighted by molar-refractivity contribution is 8.00. The number of ether oxygens (including phenoxy) is 1. The van der Waals surface area contributed by atoms with Gasteiger partial charge in [0.15, 0.2) is 11.8 Å². The van der Waals surface area contributed by atoms with Crippen molar-refractivity contribution in [2.24, 2.45) is 0 Å². The van der Waals surface area contributed by atoms with Crippen LogP contribution in [0.15, 0.2) is 53.8 Å². The molecule has 3 aromatic rings. The summed E-state index contributed by atoms with van der Waals surface area (Å²) in [6.45, 7) is 1.94. The fourth-order valence-corrected chi connectivity index (χ4v) is 4.12. The Labute approximate surface area is 171 Å². The fraction of sp³-hybridized carbons (Fsp3) is 0.150. The van der Waals surface area contributed by atoms with Crippen LogP contribution < -0.4 is 10.1 Å². The molecular formula is C20H17ClN4O2S. The predicted molar refractivity (Wildman–Crippen MR) is 111 cm³/mol. The molecule has 1 atom stereocenters. The van der Waals surface area contributed by atoms with Gasteiger partial charge in [-0.3, -0.25) is 4.79 Å². The third-order valence-electron chi connectivity index (χ3n) is 4.27. The maximum atomic E-state index is 11.6. The number of amides is 1. The van der Waals surface area contributed by atoms with E-state index in [0.717, 1.165) is 16.4 Å². The van der Waals surface area contributed by atoms with Crippen molar-refractivity contribution in [3.05, 3.63) is 70.5 Å². The summed E-state index contributed by atoms with van der Waals surface area (Å²) in [6.07, 6.45) is 1.76. The van der Waals surface area contributed by atoms with Gasteiger partial charge in [0, 0.05) is 16.9 Å². The van der Waals surface area contributed by atoms with E-state index in [1.165, 1.54) is 11.8 Å². The monoisotopic (exact) mass is 412 g/mol. The number of aromatic nitrogens is 2. The first kappa shape index (κ1) is 18.6. The Bertz CT molecular complexity index is 1050. The van der Waals surface area contributed by atoms with Crippen LogP contribution in [0.3, 0.4) is 0 Å². The Morgan fingerprint density at radius 3 is 2.79 bits per heavy atom. The van der Waals surface area contributed by atoms with Gasteiger partial charge in [-0.25, -0.2) is 4.98 Å². The third-order valence-corrected chi connectivity index (χ3v) is 5.69. The maximum Gasteiger partial charge on any atom is 0.262 e. The van der Waals surface area contributed by atoms with Gasteiger partial charge < -0.3 is 20.4 Å². The molecule has 2 heterocycles. The summed E-state index contributed by atoms with van der Waals surface area (Å²) in [4.78, 5) is 19.2. The van der Waals surface area contributed by atoms with Crippen LogP contribution in [0.1, 0.15) is 22.1 Å². The number of H-pyrrole nitrogens is 1. The standard InChI is InChI=1S/C20H17ClN4O2S/c1-11-9-23-20(24-11)28-19(12-2-5-14(21)6-3-12)18(22)13-4-7-16-15(8-13)25-17(26)10-27-16/h2-9,19,22H,10H2,1H3,(H,23,24)(H,25,26). The van der Waals surface area contributed by atoms with Gasteiger partial charge in [0.25, 0.3) is 5.91 Å². The summed E-state index contributed by atoms with van der Waals surface area (Å²) < 4.78 is 5.41. The normalized spacial score (nSPS) is 14.0. The zero-order valence-corrected chi connectivity index (χ0v) is 16.5. The number of nitrogens with one attached hydrogen (secondary N) is 3. The molecule has 6 nitrogen and oxygen atoms in total. The van der Waals surface area contributed by atoms with Crippen LogP contribution in [0.5, 0.6) is 5.75 Å². The van der Waals surface area contributed by atoms with E-state index in [-0.39, 0.29) is 17.8 Å². The fourth-order valence-electron chi connectivity index (χ4n) is 2.89. The lowest BCUT2D eigenvalue weighted by atomic mass is 10.0. The van der Waals surface area contributed by atoms with Crippen molar-refractivity contribution >= 4 is 40.7 Å². The smallest absolute Gasteiger partial charge is 0.262 e. The Morgan fingerprint density at radius 2 is 2.07 bits per heavy atom. The first-order valence-corrected chi connectivity index (χ1v) is 9.84. The van der Waals surface area contributed by atoms with E-state index in [0.29, 0.717) is 27.7 Å². The number of aryl methyl sites for hydroxylation is 1. The molecule has 3 N–H and O–H groups in total.